The van der Waals surface area contributed by atoms with Crippen LogP contribution in [0.15, 0.2) is 18.2 Å². The molecule has 0 spiro atoms. The first kappa shape index (κ1) is 13.8. The molecule has 1 aromatic carbocycles. The number of nitrogens with one attached hydrogen (secondary N) is 1. The molecule has 1 heterocycles. The number of aliphatic hydroxyl groups is 1. The van der Waals surface area contributed by atoms with Crippen molar-refractivity contribution in [1.29, 1.82) is 0 Å². The van der Waals surface area contributed by atoms with Crippen LogP contribution in [-0.2, 0) is 4.74 Å². The Bertz CT molecular complexity index is 470. The fraction of sp³-hybridized carbons (Fsp3) is 0.538. The van der Waals surface area contributed by atoms with Crippen molar-refractivity contribution in [3.8, 4) is 0 Å². The zero-order valence-electron chi connectivity index (χ0n) is 10.9. The maximum absolute atomic E-state index is 11.1. The molecule has 0 atom stereocenters. The molecule has 19 heavy (non-hydrogen) atoms. The van der Waals surface area contributed by atoms with Crippen molar-refractivity contribution in [3.05, 3.63) is 33.9 Å². The van der Waals surface area contributed by atoms with Crippen LogP contribution in [0.2, 0.25) is 0 Å². The summed E-state index contributed by atoms with van der Waals surface area (Å²) < 4.78 is 5.29. The first-order chi connectivity index (χ1) is 9.08. The highest BCUT2D eigenvalue weighted by Crippen LogP contribution is 2.33. The number of aliphatic hydroxyl groups excluding tert-OH is 1. The highest BCUT2D eigenvalue weighted by atomic mass is 16.6. The summed E-state index contributed by atoms with van der Waals surface area (Å²) >= 11 is 0. The van der Waals surface area contributed by atoms with Crippen molar-refractivity contribution >= 4 is 11.4 Å². The van der Waals surface area contributed by atoms with Crippen LogP contribution >= 0.6 is 0 Å². The summed E-state index contributed by atoms with van der Waals surface area (Å²) in [6.45, 7) is 2.85. The van der Waals surface area contributed by atoms with E-state index in [-0.39, 0.29) is 12.3 Å². The van der Waals surface area contributed by atoms with Crippen LogP contribution in [0.25, 0.3) is 0 Å². The predicted molar refractivity (Wildman–Crippen MR) is 71.3 cm³/mol. The Balaban J connectivity index is 2.33. The first-order valence-corrected chi connectivity index (χ1v) is 6.29. The van der Waals surface area contributed by atoms with Gasteiger partial charge in [-0.05, 0) is 25.3 Å². The van der Waals surface area contributed by atoms with Crippen molar-refractivity contribution in [3.63, 3.8) is 0 Å². The molecule has 104 valence electrons. The van der Waals surface area contributed by atoms with E-state index in [2.05, 4.69) is 5.32 Å². The van der Waals surface area contributed by atoms with Gasteiger partial charge in [0.2, 0.25) is 0 Å². The minimum atomic E-state index is -0.533. The molecule has 1 aliphatic heterocycles. The quantitative estimate of drug-likeness (QED) is 0.641. The smallest absolute Gasteiger partial charge is 0.292 e. The third-order valence-electron chi connectivity index (χ3n) is 3.59. The third kappa shape index (κ3) is 2.85. The highest BCUT2D eigenvalue weighted by Gasteiger charge is 2.34. The van der Waals surface area contributed by atoms with Gasteiger partial charge in [-0.1, -0.05) is 12.1 Å². The van der Waals surface area contributed by atoms with Crippen LogP contribution in [0.4, 0.5) is 11.4 Å². The van der Waals surface area contributed by atoms with Crippen molar-refractivity contribution in [2.45, 2.75) is 25.3 Å². The lowest BCUT2D eigenvalue weighted by Gasteiger charge is -2.37. The first-order valence-electron chi connectivity index (χ1n) is 6.29. The number of ether oxygens (including phenoxy) is 1. The number of nitro groups is 1. The van der Waals surface area contributed by atoms with Gasteiger partial charge in [0.1, 0.15) is 5.69 Å². The fourth-order valence-corrected chi connectivity index (χ4v) is 2.32. The molecule has 6 nitrogen and oxygen atoms in total. The van der Waals surface area contributed by atoms with Crippen molar-refractivity contribution < 1.29 is 14.8 Å². The number of benzene rings is 1. The summed E-state index contributed by atoms with van der Waals surface area (Å²) in [6, 6.07) is 4.95. The standard InChI is InChI=1S/C13H18N2O4/c1-10-3-2-4-11(15(17)18)12(10)14-13(9-16)5-7-19-8-6-13/h2-4,14,16H,5-9H2,1H3. The molecule has 0 aromatic heterocycles. The monoisotopic (exact) mass is 266 g/mol. The van der Waals surface area contributed by atoms with E-state index in [0.29, 0.717) is 31.7 Å². The number of nitrogens with zero attached hydrogens (tertiary/aromatic N) is 1. The molecule has 6 heteroatoms. The average molecular weight is 266 g/mol. The fourth-order valence-electron chi connectivity index (χ4n) is 2.32. The molecule has 1 fully saturated rings. The number of nitro benzene ring substituents is 1. The van der Waals surface area contributed by atoms with Gasteiger partial charge in [-0.15, -0.1) is 0 Å². The van der Waals surface area contributed by atoms with Gasteiger partial charge in [-0.2, -0.15) is 0 Å². The van der Waals surface area contributed by atoms with Gasteiger partial charge < -0.3 is 15.2 Å². The summed E-state index contributed by atoms with van der Waals surface area (Å²) in [6.07, 6.45) is 1.27. The van der Waals surface area contributed by atoms with Crippen LogP contribution in [0, 0.1) is 17.0 Å². The van der Waals surface area contributed by atoms with Gasteiger partial charge in [0, 0.05) is 19.3 Å². The number of rotatable bonds is 4. The number of aryl methyl sites for hydroxylation is 1. The molecule has 2 N–H and O–H groups in total. The van der Waals surface area contributed by atoms with E-state index < -0.39 is 10.5 Å². The molecule has 0 unspecified atom stereocenters. The Morgan fingerprint density at radius 2 is 2.16 bits per heavy atom. The van der Waals surface area contributed by atoms with Crippen LogP contribution in [0.3, 0.4) is 0 Å². The molecule has 1 aromatic rings. The Morgan fingerprint density at radius 3 is 2.74 bits per heavy atom. The summed E-state index contributed by atoms with van der Waals surface area (Å²) in [5.41, 5.74) is 0.797. The van der Waals surface area contributed by atoms with Gasteiger partial charge in [-0.3, -0.25) is 10.1 Å². The minimum absolute atomic E-state index is 0.0410. The number of anilines is 1. The molecular weight excluding hydrogens is 248 g/mol. The predicted octanol–water partition coefficient (Wildman–Crippen LogP) is 1.86. The topological polar surface area (TPSA) is 84.6 Å². The van der Waals surface area contributed by atoms with Gasteiger partial charge in [0.15, 0.2) is 0 Å². The molecule has 0 radical (unpaired) electrons. The Morgan fingerprint density at radius 1 is 1.47 bits per heavy atom. The van der Waals surface area contributed by atoms with E-state index in [1.165, 1.54) is 6.07 Å². The lowest BCUT2D eigenvalue weighted by Crippen LogP contribution is -2.47. The van der Waals surface area contributed by atoms with Crippen LogP contribution in [0.1, 0.15) is 18.4 Å². The van der Waals surface area contributed by atoms with E-state index in [1.54, 1.807) is 6.07 Å². The zero-order valence-corrected chi connectivity index (χ0v) is 10.9. The molecule has 2 rings (SSSR count). The summed E-state index contributed by atoms with van der Waals surface area (Å²) in [5.74, 6) is 0. The molecule has 0 bridgehead atoms. The van der Waals surface area contributed by atoms with Gasteiger partial charge in [-0.25, -0.2) is 0 Å². The van der Waals surface area contributed by atoms with Crippen LogP contribution in [-0.4, -0.2) is 35.4 Å². The molecule has 0 aliphatic carbocycles. The third-order valence-corrected chi connectivity index (χ3v) is 3.59. The lowest BCUT2D eigenvalue weighted by molar-refractivity contribution is -0.384. The largest absolute Gasteiger partial charge is 0.394 e. The van der Waals surface area contributed by atoms with Gasteiger partial charge in [0.05, 0.1) is 17.1 Å². The second-order valence-corrected chi connectivity index (χ2v) is 4.90. The van der Waals surface area contributed by atoms with Gasteiger partial charge in [0.25, 0.3) is 5.69 Å². The number of para-hydroxylation sites is 1. The Labute approximate surface area is 111 Å². The zero-order chi connectivity index (χ0) is 13.9. The molecular formula is C13H18N2O4. The SMILES string of the molecule is Cc1cccc([N+](=O)[O-])c1NC1(CO)CCOCC1. The van der Waals surface area contributed by atoms with E-state index in [0.717, 1.165) is 5.56 Å². The van der Waals surface area contributed by atoms with Crippen LogP contribution in [0.5, 0.6) is 0 Å². The molecule has 1 aliphatic rings. The summed E-state index contributed by atoms with van der Waals surface area (Å²) in [7, 11) is 0. The van der Waals surface area contributed by atoms with Crippen LogP contribution < -0.4 is 5.32 Å². The van der Waals surface area contributed by atoms with E-state index >= 15 is 0 Å². The maximum Gasteiger partial charge on any atom is 0.292 e. The van der Waals surface area contributed by atoms with E-state index in [4.69, 9.17) is 4.74 Å². The number of hydrogen-bond acceptors (Lipinski definition) is 5. The second kappa shape index (κ2) is 5.54. The average Bonchev–Trinajstić information content (AvgIpc) is 2.42. The number of hydrogen-bond donors (Lipinski definition) is 2. The summed E-state index contributed by atoms with van der Waals surface area (Å²) in [4.78, 5) is 10.7. The normalized spacial score (nSPS) is 18.0. The van der Waals surface area contributed by atoms with Crippen molar-refractivity contribution in [2.75, 3.05) is 25.1 Å². The maximum atomic E-state index is 11.1. The molecule has 0 saturated carbocycles. The minimum Gasteiger partial charge on any atom is -0.394 e. The summed E-state index contributed by atoms with van der Waals surface area (Å²) in [5, 5.41) is 23.9. The molecule has 1 saturated heterocycles. The van der Waals surface area contributed by atoms with Gasteiger partial charge >= 0.3 is 0 Å². The van der Waals surface area contributed by atoms with E-state index in [9.17, 15) is 15.2 Å². The van der Waals surface area contributed by atoms with Crippen molar-refractivity contribution in [2.24, 2.45) is 0 Å². The Kier molecular flexibility index (Phi) is 4.01. The highest BCUT2D eigenvalue weighted by molar-refractivity contribution is 5.67. The van der Waals surface area contributed by atoms with E-state index in [1.807, 2.05) is 13.0 Å². The lowest BCUT2D eigenvalue weighted by atomic mass is 9.90. The van der Waals surface area contributed by atoms with Crippen molar-refractivity contribution in [1.82, 2.24) is 0 Å². The second-order valence-electron chi connectivity index (χ2n) is 4.90. The Hall–Kier alpha value is -1.66. The molecule has 0 amide bonds.